The first-order valence-electron chi connectivity index (χ1n) is 8.04. The summed E-state index contributed by atoms with van der Waals surface area (Å²) in [7, 11) is -3.09. The van der Waals surface area contributed by atoms with Crippen LogP contribution in [0.1, 0.15) is 35.4 Å². The third-order valence-electron chi connectivity index (χ3n) is 4.91. The average Bonchev–Trinajstić information content (AvgIpc) is 3.25. The van der Waals surface area contributed by atoms with Gasteiger partial charge in [0.2, 0.25) is 0 Å². The SMILES string of the molecule is O=C(c1sccc1-n1ccnn1)N1CCS(=O)(=O)[C@H]2CCCC[C@@H]21. The molecule has 2 aromatic heterocycles. The number of sulfone groups is 1. The third-order valence-corrected chi connectivity index (χ3v) is 8.03. The molecule has 0 N–H and O–H groups in total. The van der Waals surface area contributed by atoms with Crippen molar-refractivity contribution < 1.29 is 13.2 Å². The molecule has 2 aliphatic rings. The monoisotopic (exact) mass is 366 g/mol. The Hall–Kier alpha value is -1.74. The van der Waals surface area contributed by atoms with Crippen molar-refractivity contribution in [2.24, 2.45) is 0 Å². The number of rotatable bonds is 2. The van der Waals surface area contributed by atoms with E-state index in [1.54, 1.807) is 22.0 Å². The second-order valence-corrected chi connectivity index (χ2v) is 9.49. The molecular weight excluding hydrogens is 348 g/mol. The fraction of sp³-hybridized carbons (Fsp3) is 0.533. The minimum atomic E-state index is -3.09. The summed E-state index contributed by atoms with van der Waals surface area (Å²) in [5, 5.41) is 9.19. The first-order chi connectivity index (χ1) is 11.6. The molecule has 7 nitrogen and oxygen atoms in total. The van der Waals surface area contributed by atoms with Gasteiger partial charge in [-0.15, -0.1) is 16.4 Å². The Bertz CT molecular complexity index is 844. The van der Waals surface area contributed by atoms with Gasteiger partial charge in [-0.25, -0.2) is 13.1 Å². The van der Waals surface area contributed by atoms with Gasteiger partial charge < -0.3 is 4.90 Å². The number of hydrogen-bond donors (Lipinski definition) is 0. The number of nitrogens with zero attached hydrogens (tertiary/aromatic N) is 4. The van der Waals surface area contributed by atoms with Crippen LogP contribution in [-0.4, -0.2) is 57.8 Å². The normalized spacial score (nSPS) is 26.1. The third kappa shape index (κ3) is 2.55. The number of amides is 1. The lowest BCUT2D eigenvalue weighted by Gasteiger charge is -2.43. The molecule has 1 saturated heterocycles. The maximum Gasteiger partial charge on any atom is 0.266 e. The lowest BCUT2D eigenvalue weighted by Crippen LogP contribution is -2.57. The molecule has 4 rings (SSSR count). The highest BCUT2D eigenvalue weighted by atomic mass is 32.2. The predicted octanol–water partition coefficient (Wildman–Crippen LogP) is 1.51. The molecule has 0 radical (unpaired) electrons. The van der Waals surface area contributed by atoms with Gasteiger partial charge in [-0.05, 0) is 24.3 Å². The summed E-state index contributed by atoms with van der Waals surface area (Å²) in [6.07, 6.45) is 6.59. The van der Waals surface area contributed by atoms with Crippen molar-refractivity contribution in [2.45, 2.75) is 37.0 Å². The van der Waals surface area contributed by atoms with Gasteiger partial charge in [0.1, 0.15) is 4.88 Å². The number of thiophene rings is 1. The van der Waals surface area contributed by atoms with Gasteiger partial charge in [0.25, 0.3) is 5.91 Å². The Morgan fingerprint density at radius 2 is 2.12 bits per heavy atom. The maximum absolute atomic E-state index is 13.1. The van der Waals surface area contributed by atoms with E-state index < -0.39 is 15.1 Å². The number of carbonyl (C=O) groups is 1. The molecule has 2 aromatic rings. The molecule has 1 aliphatic carbocycles. The van der Waals surface area contributed by atoms with Crippen LogP contribution in [0, 0.1) is 0 Å². The van der Waals surface area contributed by atoms with Crippen molar-refractivity contribution in [3.63, 3.8) is 0 Å². The highest BCUT2D eigenvalue weighted by Gasteiger charge is 2.45. The first-order valence-corrected chi connectivity index (χ1v) is 10.6. The fourth-order valence-electron chi connectivity index (χ4n) is 3.76. The largest absolute Gasteiger partial charge is 0.333 e. The molecule has 0 aromatic carbocycles. The quantitative estimate of drug-likeness (QED) is 0.804. The van der Waals surface area contributed by atoms with E-state index in [4.69, 9.17) is 0 Å². The first kappa shape index (κ1) is 15.8. The van der Waals surface area contributed by atoms with Crippen LogP contribution in [0.25, 0.3) is 5.69 Å². The molecular formula is C15H18N4O3S2. The highest BCUT2D eigenvalue weighted by molar-refractivity contribution is 7.92. The smallest absolute Gasteiger partial charge is 0.266 e. The van der Waals surface area contributed by atoms with E-state index in [0.717, 1.165) is 19.3 Å². The van der Waals surface area contributed by atoms with E-state index >= 15 is 0 Å². The van der Waals surface area contributed by atoms with Gasteiger partial charge in [0, 0.05) is 12.6 Å². The molecule has 1 aliphatic heterocycles. The molecule has 3 heterocycles. The maximum atomic E-state index is 13.1. The van der Waals surface area contributed by atoms with E-state index in [1.807, 2.05) is 11.4 Å². The molecule has 0 spiro atoms. The molecule has 2 fully saturated rings. The van der Waals surface area contributed by atoms with E-state index in [1.165, 1.54) is 11.3 Å². The van der Waals surface area contributed by atoms with Crippen LogP contribution in [-0.2, 0) is 9.84 Å². The minimum Gasteiger partial charge on any atom is -0.333 e. The van der Waals surface area contributed by atoms with Crippen LogP contribution < -0.4 is 0 Å². The Morgan fingerprint density at radius 3 is 2.92 bits per heavy atom. The van der Waals surface area contributed by atoms with Crippen molar-refractivity contribution in [1.29, 1.82) is 0 Å². The van der Waals surface area contributed by atoms with Gasteiger partial charge in [0.05, 0.1) is 29.1 Å². The van der Waals surface area contributed by atoms with E-state index in [-0.39, 0.29) is 24.2 Å². The van der Waals surface area contributed by atoms with Gasteiger partial charge in [-0.3, -0.25) is 4.79 Å². The Labute approximate surface area is 144 Å². The van der Waals surface area contributed by atoms with Gasteiger partial charge in [-0.2, -0.15) is 0 Å². The summed E-state index contributed by atoms with van der Waals surface area (Å²) in [5.41, 5.74) is 0.697. The van der Waals surface area contributed by atoms with Gasteiger partial charge in [0.15, 0.2) is 9.84 Å². The van der Waals surface area contributed by atoms with Crippen LogP contribution in [0.2, 0.25) is 0 Å². The summed E-state index contributed by atoms with van der Waals surface area (Å²) in [6, 6.07) is 1.64. The molecule has 9 heteroatoms. The minimum absolute atomic E-state index is 0.0595. The van der Waals surface area contributed by atoms with Crippen LogP contribution >= 0.6 is 11.3 Å². The molecule has 1 saturated carbocycles. The van der Waals surface area contributed by atoms with Crippen molar-refractivity contribution in [1.82, 2.24) is 19.9 Å². The van der Waals surface area contributed by atoms with Gasteiger partial charge in [-0.1, -0.05) is 18.1 Å². The summed E-state index contributed by atoms with van der Waals surface area (Å²) in [5.74, 6) is -0.0356. The standard InChI is InChI=1S/C15H18N4O3S2/c20-15(14-12(5-9-23-14)19-7-6-16-17-19)18-8-10-24(21,22)13-4-2-1-3-11(13)18/h5-7,9,11,13H,1-4,8,10H2/t11-,13-/m0/s1. The zero-order chi connectivity index (χ0) is 16.7. The van der Waals surface area contributed by atoms with Gasteiger partial charge >= 0.3 is 0 Å². The van der Waals surface area contributed by atoms with E-state index in [0.29, 0.717) is 17.0 Å². The predicted molar refractivity (Wildman–Crippen MR) is 90.1 cm³/mol. The molecule has 0 bridgehead atoms. The fourth-order valence-corrected chi connectivity index (χ4v) is 6.63. The lowest BCUT2D eigenvalue weighted by molar-refractivity contribution is 0.0643. The molecule has 2 atom stereocenters. The van der Waals surface area contributed by atoms with Crippen molar-refractivity contribution in [3.05, 3.63) is 28.7 Å². The molecule has 1 amide bonds. The topological polar surface area (TPSA) is 85.2 Å². The lowest BCUT2D eigenvalue weighted by atomic mass is 9.93. The zero-order valence-corrected chi connectivity index (χ0v) is 14.7. The van der Waals surface area contributed by atoms with Crippen molar-refractivity contribution in [2.75, 3.05) is 12.3 Å². The van der Waals surface area contributed by atoms with E-state index in [9.17, 15) is 13.2 Å². The zero-order valence-electron chi connectivity index (χ0n) is 13.0. The Kier molecular flexibility index (Phi) is 3.92. The second-order valence-electron chi connectivity index (χ2n) is 6.24. The molecule has 0 unspecified atom stereocenters. The van der Waals surface area contributed by atoms with Crippen LogP contribution in [0.4, 0.5) is 0 Å². The molecule has 128 valence electrons. The van der Waals surface area contributed by atoms with E-state index in [2.05, 4.69) is 10.3 Å². The highest BCUT2D eigenvalue weighted by Crippen LogP contribution is 2.34. The summed E-state index contributed by atoms with van der Waals surface area (Å²) < 4.78 is 26.3. The average molecular weight is 366 g/mol. The summed E-state index contributed by atoms with van der Waals surface area (Å²) >= 11 is 1.36. The van der Waals surface area contributed by atoms with Crippen LogP contribution in [0.3, 0.4) is 0 Å². The van der Waals surface area contributed by atoms with Crippen molar-refractivity contribution >= 4 is 27.1 Å². The van der Waals surface area contributed by atoms with Crippen LogP contribution in [0.5, 0.6) is 0 Å². The Morgan fingerprint density at radius 1 is 1.29 bits per heavy atom. The number of aromatic nitrogens is 3. The molecule has 24 heavy (non-hydrogen) atoms. The summed E-state index contributed by atoms with van der Waals surface area (Å²) in [6.45, 7) is 0.275. The van der Waals surface area contributed by atoms with Crippen LogP contribution in [0.15, 0.2) is 23.8 Å². The second kappa shape index (κ2) is 5.96. The number of fused-ring (bicyclic) bond motifs is 1. The summed E-state index contributed by atoms with van der Waals surface area (Å²) in [4.78, 5) is 15.5. The van der Waals surface area contributed by atoms with Crippen molar-refractivity contribution in [3.8, 4) is 5.69 Å². The number of hydrogen-bond acceptors (Lipinski definition) is 6. The Balaban J connectivity index is 1.67. The number of carbonyl (C=O) groups excluding carboxylic acids is 1.